The van der Waals surface area contributed by atoms with Crippen molar-refractivity contribution in [2.75, 3.05) is 0 Å². The molecule has 1 atom stereocenters. The van der Waals surface area contributed by atoms with Crippen LogP contribution in [0.4, 0.5) is 0 Å². The minimum absolute atomic E-state index is 0.152. The van der Waals surface area contributed by atoms with E-state index in [1.165, 1.54) is 11.1 Å². The number of ketones is 1. The van der Waals surface area contributed by atoms with E-state index in [4.69, 9.17) is 5.11 Å². The van der Waals surface area contributed by atoms with Gasteiger partial charge in [-0.3, -0.25) is 0 Å². The molecule has 0 aromatic heterocycles. The van der Waals surface area contributed by atoms with Crippen molar-refractivity contribution in [3.8, 4) is 0 Å². The summed E-state index contributed by atoms with van der Waals surface area (Å²) in [5.74, 6) is 0.271. The van der Waals surface area contributed by atoms with E-state index < -0.39 is 0 Å². The number of aliphatic hydroxyl groups is 1. The van der Waals surface area contributed by atoms with Gasteiger partial charge in [0.15, 0.2) is 0 Å². The van der Waals surface area contributed by atoms with Gasteiger partial charge >= 0.3 is 0 Å². The highest BCUT2D eigenvalue weighted by molar-refractivity contribution is 5.75. The third-order valence-electron chi connectivity index (χ3n) is 2.19. The zero-order valence-electron chi connectivity index (χ0n) is 12.9. The maximum absolute atomic E-state index is 10.4. The molecular weight excluding hydrogens is 224 g/mol. The molecule has 106 valence electrons. The van der Waals surface area contributed by atoms with Crippen molar-refractivity contribution in [1.82, 2.24) is 0 Å². The molecule has 0 fully saturated rings. The van der Waals surface area contributed by atoms with E-state index >= 15 is 0 Å². The van der Waals surface area contributed by atoms with Crippen LogP contribution in [0, 0.1) is 0 Å². The number of rotatable bonds is 6. The van der Waals surface area contributed by atoms with Crippen LogP contribution in [0.3, 0.4) is 0 Å². The first-order chi connectivity index (χ1) is 8.25. The van der Waals surface area contributed by atoms with Gasteiger partial charge in [0.1, 0.15) is 5.78 Å². The molecule has 0 aromatic carbocycles. The number of carbonyl (C=O) groups excluding carboxylic acids is 1. The Hall–Kier alpha value is -0.890. The molecule has 0 rings (SSSR count). The third kappa shape index (κ3) is 24.4. The van der Waals surface area contributed by atoms with Gasteiger partial charge in [0.05, 0.1) is 6.10 Å². The second-order valence-corrected chi connectivity index (χ2v) is 5.23. The summed E-state index contributed by atoms with van der Waals surface area (Å²) < 4.78 is 0. The minimum atomic E-state index is -0.152. The van der Waals surface area contributed by atoms with Crippen molar-refractivity contribution < 1.29 is 9.90 Å². The molecule has 2 heteroatoms. The average Bonchev–Trinajstić information content (AvgIpc) is 2.15. The van der Waals surface area contributed by atoms with E-state index in [9.17, 15) is 4.79 Å². The van der Waals surface area contributed by atoms with E-state index in [2.05, 4.69) is 26.0 Å². The first kappa shape index (κ1) is 19.4. The van der Waals surface area contributed by atoms with Crippen molar-refractivity contribution in [1.29, 1.82) is 0 Å². The molecule has 0 aliphatic heterocycles. The Kier molecular flexibility index (Phi) is 13.6. The van der Waals surface area contributed by atoms with Crippen molar-refractivity contribution in [3.63, 3.8) is 0 Å². The van der Waals surface area contributed by atoms with Crippen LogP contribution in [-0.4, -0.2) is 17.0 Å². The van der Waals surface area contributed by atoms with E-state index in [0.717, 1.165) is 19.3 Å². The Morgan fingerprint density at radius 2 is 1.44 bits per heavy atom. The Morgan fingerprint density at radius 1 is 1.00 bits per heavy atom. The highest BCUT2D eigenvalue weighted by Crippen LogP contribution is 1.99. The Labute approximate surface area is 113 Å². The normalized spacial score (nSPS) is 10.8. The summed E-state index contributed by atoms with van der Waals surface area (Å²) in [7, 11) is 0. The predicted octanol–water partition coefficient (Wildman–Crippen LogP) is 4.44. The third-order valence-corrected chi connectivity index (χ3v) is 2.19. The molecule has 2 nitrogen and oxygen atoms in total. The Balaban J connectivity index is 0. The van der Waals surface area contributed by atoms with Crippen LogP contribution >= 0.6 is 0 Å². The Bertz CT molecular complexity index is 265. The molecule has 0 unspecified atom stereocenters. The number of allylic oxidation sites excluding steroid dienone is 4. The van der Waals surface area contributed by atoms with Gasteiger partial charge in [-0.1, -0.05) is 23.3 Å². The highest BCUT2D eigenvalue weighted by atomic mass is 16.3. The van der Waals surface area contributed by atoms with Gasteiger partial charge in [-0.25, -0.2) is 0 Å². The van der Waals surface area contributed by atoms with Gasteiger partial charge in [0, 0.05) is 6.42 Å². The fraction of sp³-hybridized carbons (Fsp3) is 0.688. The Morgan fingerprint density at radius 3 is 1.78 bits per heavy atom. The predicted molar refractivity (Wildman–Crippen MR) is 79.7 cm³/mol. The van der Waals surface area contributed by atoms with Crippen LogP contribution in [0.15, 0.2) is 23.3 Å². The molecule has 0 radical (unpaired) electrons. The zero-order valence-corrected chi connectivity index (χ0v) is 12.9. The molecular formula is C16H30O2. The summed E-state index contributed by atoms with van der Waals surface area (Å²) in [5.41, 5.74) is 2.62. The number of hydrogen-bond acceptors (Lipinski definition) is 2. The molecule has 0 bridgehead atoms. The molecule has 0 saturated heterocycles. The van der Waals surface area contributed by atoms with Gasteiger partial charge < -0.3 is 9.90 Å². The van der Waals surface area contributed by atoms with Gasteiger partial charge in [0.2, 0.25) is 0 Å². The maximum Gasteiger partial charge on any atom is 0.130 e. The molecule has 0 spiro atoms. The van der Waals surface area contributed by atoms with E-state index in [-0.39, 0.29) is 11.9 Å². The smallest absolute Gasteiger partial charge is 0.130 e. The quantitative estimate of drug-likeness (QED) is 0.712. The van der Waals surface area contributed by atoms with Crippen LogP contribution in [0.5, 0.6) is 0 Å². The van der Waals surface area contributed by atoms with E-state index in [1.807, 2.05) is 20.8 Å². The van der Waals surface area contributed by atoms with E-state index in [1.54, 1.807) is 6.92 Å². The van der Waals surface area contributed by atoms with Crippen LogP contribution in [0.2, 0.25) is 0 Å². The monoisotopic (exact) mass is 254 g/mol. The summed E-state index contributed by atoms with van der Waals surface area (Å²) in [4.78, 5) is 10.4. The first-order valence-electron chi connectivity index (χ1n) is 6.70. The number of aliphatic hydroxyl groups excluding tert-OH is 1. The second-order valence-electron chi connectivity index (χ2n) is 5.23. The molecule has 0 amide bonds. The zero-order chi connectivity index (χ0) is 14.6. The topological polar surface area (TPSA) is 37.3 Å². The fourth-order valence-corrected chi connectivity index (χ4v) is 1.18. The summed E-state index contributed by atoms with van der Waals surface area (Å²) in [6.07, 6.45) is 7.54. The minimum Gasteiger partial charge on any atom is -0.393 e. The lowest BCUT2D eigenvalue weighted by Gasteiger charge is -1.98. The summed E-state index contributed by atoms with van der Waals surface area (Å²) in [6, 6.07) is 0. The largest absolute Gasteiger partial charge is 0.393 e. The van der Waals surface area contributed by atoms with Gasteiger partial charge in [-0.15, -0.1) is 0 Å². The summed E-state index contributed by atoms with van der Waals surface area (Å²) in [5, 5.41) is 8.84. The van der Waals surface area contributed by atoms with Crippen molar-refractivity contribution in [2.24, 2.45) is 0 Å². The first-order valence-corrected chi connectivity index (χ1v) is 6.70. The highest BCUT2D eigenvalue weighted by Gasteiger charge is 1.90. The van der Waals surface area contributed by atoms with Crippen molar-refractivity contribution in [3.05, 3.63) is 23.3 Å². The lowest BCUT2D eigenvalue weighted by Crippen LogP contribution is -1.96. The average molecular weight is 254 g/mol. The van der Waals surface area contributed by atoms with Crippen LogP contribution in [-0.2, 0) is 4.79 Å². The molecule has 18 heavy (non-hydrogen) atoms. The standard InChI is InChI=1S/C8H16O.C8H14O/c2*1-7(2)5-4-6-8(3)9/h5,8-9H,4,6H2,1-3H3;5H,4,6H2,1-3H3/t8-;/m0./s1. The fourth-order valence-electron chi connectivity index (χ4n) is 1.18. The molecule has 0 aliphatic carbocycles. The maximum atomic E-state index is 10.4. The molecule has 0 saturated carbocycles. The SMILES string of the molecule is CC(=O)CCC=C(C)C.CC(C)=CCC[C@H](C)O. The molecule has 0 aliphatic rings. The second kappa shape index (κ2) is 12.6. The van der Waals surface area contributed by atoms with Crippen LogP contribution in [0.25, 0.3) is 0 Å². The number of hydrogen-bond donors (Lipinski definition) is 1. The van der Waals surface area contributed by atoms with Gasteiger partial charge in [-0.05, 0) is 60.8 Å². The molecule has 1 N–H and O–H groups in total. The summed E-state index contributed by atoms with van der Waals surface area (Å²) in [6.45, 7) is 11.7. The lowest BCUT2D eigenvalue weighted by molar-refractivity contribution is -0.116. The summed E-state index contributed by atoms with van der Waals surface area (Å²) >= 11 is 0. The number of carbonyl (C=O) groups is 1. The lowest BCUT2D eigenvalue weighted by atomic mass is 10.2. The van der Waals surface area contributed by atoms with Crippen molar-refractivity contribution in [2.45, 2.75) is 73.3 Å². The van der Waals surface area contributed by atoms with Crippen LogP contribution < -0.4 is 0 Å². The van der Waals surface area contributed by atoms with Gasteiger partial charge in [0.25, 0.3) is 0 Å². The van der Waals surface area contributed by atoms with E-state index in [0.29, 0.717) is 6.42 Å². The number of Topliss-reactive ketones (excluding diaryl/α,β-unsaturated/α-hetero) is 1. The van der Waals surface area contributed by atoms with Crippen molar-refractivity contribution >= 4 is 5.78 Å². The molecule has 0 aromatic rings. The molecule has 0 heterocycles. The van der Waals surface area contributed by atoms with Gasteiger partial charge in [-0.2, -0.15) is 0 Å². The van der Waals surface area contributed by atoms with Crippen LogP contribution in [0.1, 0.15) is 67.2 Å².